The van der Waals surface area contributed by atoms with Crippen molar-refractivity contribution in [2.45, 2.75) is 13.3 Å². The maximum absolute atomic E-state index is 12.3. The largest absolute Gasteiger partial charge is 0.355 e. The van der Waals surface area contributed by atoms with E-state index in [-0.39, 0.29) is 17.7 Å². The van der Waals surface area contributed by atoms with Crippen LogP contribution < -0.4 is 10.2 Å². The summed E-state index contributed by atoms with van der Waals surface area (Å²) >= 11 is 0. The van der Waals surface area contributed by atoms with Gasteiger partial charge in [-0.05, 0) is 19.1 Å². The Hall–Kier alpha value is -1.84. The molecule has 0 bridgehead atoms. The fraction of sp³-hybridized carbons (Fsp3) is 0.385. The van der Waals surface area contributed by atoms with Crippen molar-refractivity contribution in [1.82, 2.24) is 5.32 Å². The molecule has 1 aliphatic rings. The van der Waals surface area contributed by atoms with Crippen molar-refractivity contribution in [1.29, 1.82) is 0 Å². The minimum Gasteiger partial charge on any atom is -0.355 e. The highest BCUT2D eigenvalue weighted by Gasteiger charge is 2.31. The van der Waals surface area contributed by atoms with Crippen LogP contribution in [-0.4, -0.2) is 24.9 Å². The van der Waals surface area contributed by atoms with Gasteiger partial charge in [-0.15, -0.1) is 0 Å². The molecule has 0 radical (unpaired) electrons. The van der Waals surface area contributed by atoms with E-state index in [9.17, 15) is 9.59 Å². The lowest BCUT2D eigenvalue weighted by atomic mass is 10.1. The molecule has 2 rings (SSSR count). The lowest BCUT2D eigenvalue weighted by Gasteiger charge is -2.23. The topological polar surface area (TPSA) is 49.4 Å². The summed E-state index contributed by atoms with van der Waals surface area (Å²) in [6, 6.07) is 9.55. The molecule has 4 nitrogen and oxygen atoms in total. The highest BCUT2D eigenvalue weighted by molar-refractivity contribution is 5.98. The van der Waals surface area contributed by atoms with Gasteiger partial charge in [-0.25, -0.2) is 0 Å². The maximum Gasteiger partial charge on any atom is 0.232 e. The first-order valence-electron chi connectivity index (χ1n) is 5.85. The minimum atomic E-state index is -0.220. The van der Waals surface area contributed by atoms with Crippen molar-refractivity contribution in [2.75, 3.05) is 18.0 Å². The zero-order chi connectivity index (χ0) is 12.3. The number of para-hydroxylation sites is 1. The first kappa shape index (κ1) is 11.6. The molecule has 4 heteroatoms. The Morgan fingerprint density at radius 1 is 1.41 bits per heavy atom. The van der Waals surface area contributed by atoms with Crippen LogP contribution in [-0.2, 0) is 9.59 Å². The standard InChI is InChI=1S/C13H16N2O2/c1-2-15(11-6-4-3-5-7-11)13(17)10-8-12(16)14-9-10/h3-7,10H,2,8-9H2,1H3,(H,14,16). The number of carbonyl (C=O) groups is 2. The molecule has 1 N–H and O–H groups in total. The molecule has 1 atom stereocenters. The molecule has 0 aromatic heterocycles. The van der Waals surface area contributed by atoms with Gasteiger partial charge in [0.25, 0.3) is 0 Å². The normalized spacial score (nSPS) is 18.9. The Balaban J connectivity index is 2.14. The lowest BCUT2D eigenvalue weighted by molar-refractivity contribution is -0.124. The van der Waals surface area contributed by atoms with Crippen LogP contribution in [0.25, 0.3) is 0 Å². The van der Waals surface area contributed by atoms with Crippen LogP contribution in [0.15, 0.2) is 30.3 Å². The third kappa shape index (κ3) is 2.46. The molecule has 1 heterocycles. The van der Waals surface area contributed by atoms with Crippen LogP contribution in [0.4, 0.5) is 5.69 Å². The van der Waals surface area contributed by atoms with Crippen molar-refractivity contribution in [2.24, 2.45) is 5.92 Å². The van der Waals surface area contributed by atoms with Gasteiger partial charge in [0.1, 0.15) is 0 Å². The van der Waals surface area contributed by atoms with E-state index in [1.807, 2.05) is 37.3 Å². The van der Waals surface area contributed by atoms with Crippen LogP contribution in [0.5, 0.6) is 0 Å². The Morgan fingerprint density at radius 3 is 2.65 bits per heavy atom. The quantitative estimate of drug-likeness (QED) is 0.850. The Morgan fingerprint density at radius 2 is 2.12 bits per heavy atom. The van der Waals surface area contributed by atoms with E-state index in [1.165, 1.54) is 0 Å². The fourth-order valence-electron chi connectivity index (χ4n) is 2.07. The van der Waals surface area contributed by atoms with Gasteiger partial charge in [-0.3, -0.25) is 9.59 Å². The van der Waals surface area contributed by atoms with E-state index in [0.717, 1.165) is 5.69 Å². The average molecular weight is 232 g/mol. The van der Waals surface area contributed by atoms with Gasteiger partial charge in [0.05, 0.1) is 5.92 Å². The van der Waals surface area contributed by atoms with Gasteiger partial charge >= 0.3 is 0 Å². The molecule has 1 saturated heterocycles. The highest BCUT2D eigenvalue weighted by Crippen LogP contribution is 2.19. The van der Waals surface area contributed by atoms with Gasteiger partial charge in [0.2, 0.25) is 11.8 Å². The van der Waals surface area contributed by atoms with E-state index in [2.05, 4.69) is 5.32 Å². The summed E-state index contributed by atoms with van der Waals surface area (Å²) in [6.07, 6.45) is 0.308. The molecule has 1 unspecified atom stereocenters. The maximum atomic E-state index is 12.3. The van der Waals surface area contributed by atoms with E-state index in [0.29, 0.717) is 19.5 Å². The van der Waals surface area contributed by atoms with Crippen molar-refractivity contribution < 1.29 is 9.59 Å². The summed E-state index contributed by atoms with van der Waals surface area (Å²) in [7, 11) is 0. The summed E-state index contributed by atoms with van der Waals surface area (Å²) in [6.45, 7) is 3.02. The number of amides is 2. The van der Waals surface area contributed by atoms with Crippen molar-refractivity contribution >= 4 is 17.5 Å². The third-order valence-electron chi connectivity index (χ3n) is 2.98. The molecule has 17 heavy (non-hydrogen) atoms. The van der Waals surface area contributed by atoms with Gasteiger partial charge in [-0.1, -0.05) is 18.2 Å². The van der Waals surface area contributed by atoms with E-state index >= 15 is 0 Å². The van der Waals surface area contributed by atoms with E-state index in [1.54, 1.807) is 4.90 Å². The van der Waals surface area contributed by atoms with Gasteiger partial charge in [-0.2, -0.15) is 0 Å². The van der Waals surface area contributed by atoms with E-state index < -0.39 is 0 Å². The lowest BCUT2D eigenvalue weighted by Crippen LogP contribution is -2.36. The number of nitrogens with zero attached hydrogens (tertiary/aromatic N) is 1. The van der Waals surface area contributed by atoms with Crippen LogP contribution in [0, 0.1) is 5.92 Å². The molecular weight excluding hydrogens is 216 g/mol. The number of nitrogens with one attached hydrogen (secondary N) is 1. The van der Waals surface area contributed by atoms with Crippen LogP contribution in [0.2, 0.25) is 0 Å². The Bertz CT molecular complexity index is 417. The summed E-state index contributed by atoms with van der Waals surface area (Å²) < 4.78 is 0. The minimum absolute atomic E-state index is 0.0250. The smallest absolute Gasteiger partial charge is 0.232 e. The molecule has 2 amide bonds. The van der Waals surface area contributed by atoms with Crippen LogP contribution in [0.1, 0.15) is 13.3 Å². The van der Waals surface area contributed by atoms with Crippen LogP contribution in [0.3, 0.4) is 0 Å². The molecule has 1 aliphatic heterocycles. The van der Waals surface area contributed by atoms with Crippen molar-refractivity contribution in [3.63, 3.8) is 0 Å². The third-order valence-corrected chi connectivity index (χ3v) is 2.98. The van der Waals surface area contributed by atoms with E-state index in [4.69, 9.17) is 0 Å². The zero-order valence-electron chi connectivity index (χ0n) is 9.85. The number of rotatable bonds is 3. The number of benzene rings is 1. The molecule has 90 valence electrons. The molecule has 0 aliphatic carbocycles. The monoisotopic (exact) mass is 232 g/mol. The SMILES string of the molecule is CCN(C(=O)C1CNC(=O)C1)c1ccccc1. The second kappa shape index (κ2) is 4.99. The number of anilines is 1. The number of hydrogen-bond acceptors (Lipinski definition) is 2. The van der Waals surface area contributed by atoms with Gasteiger partial charge < -0.3 is 10.2 Å². The number of carbonyl (C=O) groups excluding carboxylic acids is 2. The van der Waals surface area contributed by atoms with Crippen molar-refractivity contribution in [3.8, 4) is 0 Å². The number of hydrogen-bond donors (Lipinski definition) is 1. The fourth-order valence-corrected chi connectivity index (χ4v) is 2.07. The molecule has 1 fully saturated rings. The Labute approximate surface area is 101 Å². The molecule has 0 spiro atoms. The van der Waals surface area contributed by atoms with Crippen molar-refractivity contribution in [3.05, 3.63) is 30.3 Å². The summed E-state index contributed by atoms with van der Waals surface area (Å²) in [5, 5.41) is 2.69. The highest BCUT2D eigenvalue weighted by atomic mass is 16.2. The first-order chi connectivity index (χ1) is 8.22. The first-order valence-corrected chi connectivity index (χ1v) is 5.85. The predicted molar refractivity (Wildman–Crippen MR) is 65.6 cm³/mol. The van der Waals surface area contributed by atoms with Gasteiger partial charge in [0.15, 0.2) is 0 Å². The van der Waals surface area contributed by atoms with Crippen LogP contribution >= 0.6 is 0 Å². The molecular formula is C13H16N2O2. The zero-order valence-corrected chi connectivity index (χ0v) is 9.85. The summed E-state index contributed by atoms with van der Waals surface area (Å²) in [4.78, 5) is 25.1. The molecule has 1 aromatic carbocycles. The van der Waals surface area contributed by atoms with Gasteiger partial charge in [0, 0.05) is 25.2 Å². The summed E-state index contributed by atoms with van der Waals surface area (Å²) in [5.74, 6) is -0.229. The second-order valence-corrected chi connectivity index (χ2v) is 4.12. The molecule has 0 saturated carbocycles. The summed E-state index contributed by atoms with van der Waals surface area (Å²) in [5.41, 5.74) is 0.888. The average Bonchev–Trinajstić information content (AvgIpc) is 2.78. The predicted octanol–water partition coefficient (Wildman–Crippen LogP) is 1.18. The molecule has 1 aromatic rings. The second-order valence-electron chi connectivity index (χ2n) is 4.12. The Kier molecular flexibility index (Phi) is 3.42.